The third kappa shape index (κ3) is 2.72. The molecule has 1 aliphatic heterocycles. The normalized spacial score (nSPS) is 21.8. The quantitative estimate of drug-likeness (QED) is 0.632. The molecular formula is C11H20N2O3. The Balaban J connectivity index is 2.61. The Morgan fingerprint density at radius 3 is 2.38 bits per heavy atom. The van der Waals surface area contributed by atoms with E-state index in [1.54, 1.807) is 27.7 Å². The summed E-state index contributed by atoms with van der Waals surface area (Å²) < 4.78 is 0. The molecule has 1 rings (SSSR count). The zero-order valence-corrected chi connectivity index (χ0v) is 10.3. The third-order valence-electron chi connectivity index (χ3n) is 3.28. The second-order valence-electron chi connectivity index (χ2n) is 5.33. The molecule has 0 saturated carbocycles. The van der Waals surface area contributed by atoms with E-state index in [2.05, 4.69) is 10.6 Å². The summed E-state index contributed by atoms with van der Waals surface area (Å²) in [6.07, 6.45) is 0.910. The van der Waals surface area contributed by atoms with Crippen molar-refractivity contribution in [1.29, 1.82) is 0 Å². The molecule has 0 aromatic heterocycles. The van der Waals surface area contributed by atoms with Gasteiger partial charge >= 0.3 is 0 Å². The highest BCUT2D eigenvalue weighted by Gasteiger charge is 2.38. The van der Waals surface area contributed by atoms with Crippen LogP contribution in [-0.2, 0) is 9.59 Å². The fourth-order valence-corrected chi connectivity index (χ4v) is 1.36. The van der Waals surface area contributed by atoms with E-state index in [0.717, 1.165) is 0 Å². The van der Waals surface area contributed by atoms with Crippen LogP contribution in [0.4, 0.5) is 0 Å². The number of aliphatic hydroxyl groups is 1. The summed E-state index contributed by atoms with van der Waals surface area (Å²) in [6, 6.07) is -0.464. The number of amides is 2. The maximum absolute atomic E-state index is 11.8. The van der Waals surface area contributed by atoms with E-state index >= 15 is 0 Å². The van der Waals surface area contributed by atoms with E-state index in [9.17, 15) is 14.7 Å². The molecular weight excluding hydrogens is 208 g/mol. The first-order valence-corrected chi connectivity index (χ1v) is 5.47. The summed E-state index contributed by atoms with van der Waals surface area (Å²) in [5.41, 5.74) is -1.76. The van der Waals surface area contributed by atoms with Gasteiger partial charge in [-0.15, -0.1) is 0 Å². The number of carbonyl (C=O) groups is 2. The topological polar surface area (TPSA) is 78.4 Å². The summed E-state index contributed by atoms with van der Waals surface area (Å²) in [5, 5.41) is 15.2. The van der Waals surface area contributed by atoms with Crippen LogP contribution < -0.4 is 10.6 Å². The summed E-state index contributed by atoms with van der Waals surface area (Å²) in [4.78, 5) is 22.8. The molecule has 1 saturated heterocycles. The van der Waals surface area contributed by atoms with Crippen LogP contribution in [0.1, 0.15) is 40.5 Å². The molecule has 1 aliphatic rings. The molecule has 3 N–H and O–H groups in total. The van der Waals surface area contributed by atoms with Crippen LogP contribution in [-0.4, -0.2) is 34.1 Å². The second kappa shape index (κ2) is 4.05. The van der Waals surface area contributed by atoms with Crippen LogP contribution in [0.25, 0.3) is 0 Å². The highest BCUT2D eigenvalue weighted by Crippen LogP contribution is 2.21. The number of hydrogen-bond acceptors (Lipinski definition) is 3. The third-order valence-corrected chi connectivity index (χ3v) is 3.28. The van der Waals surface area contributed by atoms with Crippen LogP contribution in [0.15, 0.2) is 0 Å². The SMILES string of the molecule is CC(C)(O)C(C)(C)NC(=O)C1CCC(=O)N1. The lowest BCUT2D eigenvalue weighted by molar-refractivity contribution is -0.129. The van der Waals surface area contributed by atoms with Gasteiger partial charge in [-0.2, -0.15) is 0 Å². The van der Waals surface area contributed by atoms with Crippen molar-refractivity contribution in [3.05, 3.63) is 0 Å². The van der Waals surface area contributed by atoms with Gasteiger partial charge in [0.15, 0.2) is 0 Å². The maximum atomic E-state index is 11.8. The van der Waals surface area contributed by atoms with Gasteiger partial charge in [-0.25, -0.2) is 0 Å². The van der Waals surface area contributed by atoms with Crippen LogP contribution in [0.3, 0.4) is 0 Å². The van der Waals surface area contributed by atoms with Crippen molar-refractivity contribution >= 4 is 11.8 Å². The van der Waals surface area contributed by atoms with Crippen molar-refractivity contribution in [3.8, 4) is 0 Å². The molecule has 5 nitrogen and oxygen atoms in total. The van der Waals surface area contributed by atoms with Crippen molar-refractivity contribution in [2.75, 3.05) is 0 Å². The molecule has 0 aromatic rings. The summed E-state index contributed by atoms with van der Waals surface area (Å²) >= 11 is 0. The van der Waals surface area contributed by atoms with E-state index in [1.807, 2.05) is 0 Å². The summed E-state index contributed by atoms with van der Waals surface area (Å²) in [7, 11) is 0. The fourth-order valence-electron chi connectivity index (χ4n) is 1.36. The molecule has 0 aromatic carbocycles. The minimum atomic E-state index is -1.02. The first-order valence-electron chi connectivity index (χ1n) is 5.47. The molecule has 0 spiro atoms. The van der Waals surface area contributed by atoms with E-state index in [4.69, 9.17) is 0 Å². The Morgan fingerprint density at radius 1 is 1.44 bits per heavy atom. The number of rotatable bonds is 3. The van der Waals surface area contributed by atoms with Crippen LogP contribution in [0.5, 0.6) is 0 Å². The van der Waals surface area contributed by atoms with Crippen molar-refractivity contribution < 1.29 is 14.7 Å². The van der Waals surface area contributed by atoms with Gasteiger partial charge in [-0.3, -0.25) is 9.59 Å². The van der Waals surface area contributed by atoms with E-state index < -0.39 is 17.2 Å². The Labute approximate surface area is 95.6 Å². The molecule has 2 amide bonds. The van der Waals surface area contributed by atoms with Gasteiger partial charge in [-0.05, 0) is 34.1 Å². The van der Waals surface area contributed by atoms with Crippen molar-refractivity contribution in [3.63, 3.8) is 0 Å². The first-order chi connectivity index (χ1) is 7.13. The monoisotopic (exact) mass is 228 g/mol. The highest BCUT2D eigenvalue weighted by atomic mass is 16.3. The number of hydrogen-bond donors (Lipinski definition) is 3. The summed E-state index contributed by atoms with van der Waals surface area (Å²) in [5.74, 6) is -0.334. The molecule has 5 heteroatoms. The first kappa shape index (κ1) is 13.0. The molecule has 1 unspecified atom stereocenters. The predicted octanol–water partition coefficient (Wildman–Crippen LogP) is -0.0693. The van der Waals surface area contributed by atoms with Crippen LogP contribution >= 0.6 is 0 Å². The molecule has 1 fully saturated rings. The fraction of sp³-hybridized carbons (Fsp3) is 0.818. The lowest BCUT2D eigenvalue weighted by Gasteiger charge is -2.38. The van der Waals surface area contributed by atoms with Crippen LogP contribution in [0.2, 0.25) is 0 Å². The van der Waals surface area contributed by atoms with Crippen molar-refractivity contribution in [2.24, 2.45) is 0 Å². The lowest BCUT2D eigenvalue weighted by atomic mass is 9.85. The Hall–Kier alpha value is -1.10. The van der Waals surface area contributed by atoms with Gasteiger partial charge < -0.3 is 15.7 Å². The van der Waals surface area contributed by atoms with Crippen molar-refractivity contribution in [2.45, 2.75) is 57.7 Å². The lowest BCUT2D eigenvalue weighted by Crippen LogP contribution is -2.60. The maximum Gasteiger partial charge on any atom is 0.243 e. The van der Waals surface area contributed by atoms with Gasteiger partial charge in [0.1, 0.15) is 6.04 Å². The minimum absolute atomic E-state index is 0.0961. The van der Waals surface area contributed by atoms with E-state index in [1.165, 1.54) is 0 Å². The molecule has 0 radical (unpaired) electrons. The van der Waals surface area contributed by atoms with E-state index in [-0.39, 0.29) is 11.8 Å². The number of nitrogens with one attached hydrogen (secondary N) is 2. The standard InChI is InChI=1S/C11H20N2O3/c1-10(2,11(3,4)16)13-9(15)7-5-6-8(14)12-7/h7,16H,5-6H2,1-4H3,(H,12,14)(H,13,15). The van der Waals surface area contributed by atoms with Gasteiger partial charge in [0.2, 0.25) is 11.8 Å². The number of carbonyl (C=O) groups excluding carboxylic acids is 2. The average Bonchev–Trinajstić information content (AvgIpc) is 2.48. The minimum Gasteiger partial charge on any atom is -0.388 e. The van der Waals surface area contributed by atoms with Crippen molar-refractivity contribution in [1.82, 2.24) is 10.6 Å². The highest BCUT2D eigenvalue weighted by molar-refractivity contribution is 5.91. The second-order valence-corrected chi connectivity index (χ2v) is 5.33. The predicted molar refractivity (Wildman–Crippen MR) is 59.7 cm³/mol. The van der Waals surface area contributed by atoms with Gasteiger partial charge in [0.05, 0.1) is 11.1 Å². The zero-order chi connectivity index (χ0) is 12.6. The molecule has 0 aliphatic carbocycles. The largest absolute Gasteiger partial charge is 0.388 e. The zero-order valence-electron chi connectivity index (χ0n) is 10.3. The summed E-state index contributed by atoms with van der Waals surface area (Å²) in [6.45, 7) is 6.78. The average molecular weight is 228 g/mol. The Kier molecular flexibility index (Phi) is 3.28. The Bertz CT molecular complexity index is 305. The molecule has 1 heterocycles. The van der Waals surface area contributed by atoms with Crippen LogP contribution in [0, 0.1) is 0 Å². The molecule has 92 valence electrons. The van der Waals surface area contributed by atoms with Gasteiger partial charge in [-0.1, -0.05) is 0 Å². The van der Waals surface area contributed by atoms with Gasteiger partial charge in [0, 0.05) is 6.42 Å². The molecule has 16 heavy (non-hydrogen) atoms. The van der Waals surface area contributed by atoms with Gasteiger partial charge in [0.25, 0.3) is 0 Å². The molecule has 1 atom stereocenters. The smallest absolute Gasteiger partial charge is 0.243 e. The Morgan fingerprint density at radius 2 is 2.00 bits per heavy atom. The van der Waals surface area contributed by atoms with E-state index in [0.29, 0.717) is 12.8 Å². The molecule has 0 bridgehead atoms.